The maximum atomic E-state index is 13.3. The molecule has 0 N–H and O–H groups in total. The number of ether oxygens (including phenoxy) is 1. The summed E-state index contributed by atoms with van der Waals surface area (Å²) in [5.74, 6) is -2.36. The zero-order chi connectivity index (χ0) is 12.9. The Hall–Kier alpha value is -0.220. The van der Waals surface area contributed by atoms with Gasteiger partial charge in [0.2, 0.25) is 0 Å². The Morgan fingerprint density at radius 1 is 1.11 bits per heavy atom. The Kier molecular flexibility index (Phi) is 2.94. The van der Waals surface area contributed by atoms with Crippen LogP contribution in [0.5, 0.6) is 0 Å². The molecule has 0 aromatic carbocycles. The van der Waals surface area contributed by atoms with E-state index >= 15 is 0 Å². The molecule has 2 nitrogen and oxygen atoms in total. The summed E-state index contributed by atoms with van der Waals surface area (Å²) in [6.07, 6.45) is 3.99. The molecule has 3 rings (SSSR count). The molecular weight excluding hydrogens is 236 g/mol. The molecule has 3 fully saturated rings. The van der Waals surface area contributed by atoms with E-state index in [1.54, 1.807) is 0 Å². The standard InChI is InChI=1S/C14H23F2NO/c1-2-18-11-12(3-4-12)10-17-7-5-13(6-8-17)9-14(13,15)16/h2-11H2,1H3. The van der Waals surface area contributed by atoms with E-state index in [1.165, 1.54) is 12.8 Å². The third-order valence-corrected chi connectivity index (χ3v) is 5.15. The number of alkyl halides is 2. The molecule has 0 atom stereocenters. The van der Waals surface area contributed by atoms with Crippen molar-refractivity contribution < 1.29 is 13.5 Å². The Morgan fingerprint density at radius 2 is 1.72 bits per heavy atom. The highest BCUT2D eigenvalue weighted by Gasteiger charge is 2.70. The highest BCUT2D eigenvalue weighted by molar-refractivity contribution is 5.12. The van der Waals surface area contributed by atoms with Crippen molar-refractivity contribution in [3.8, 4) is 0 Å². The lowest BCUT2D eigenvalue weighted by Crippen LogP contribution is -2.40. The Morgan fingerprint density at radius 3 is 2.17 bits per heavy atom. The van der Waals surface area contributed by atoms with Crippen molar-refractivity contribution in [2.75, 3.05) is 32.8 Å². The summed E-state index contributed by atoms with van der Waals surface area (Å²) in [4.78, 5) is 2.38. The van der Waals surface area contributed by atoms with Crippen molar-refractivity contribution in [2.45, 2.75) is 45.0 Å². The van der Waals surface area contributed by atoms with Crippen LogP contribution >= 0.6 is 0 Å². The number of nitrogens with zero attached hydrogens (tertiary/aromatic N) is 1. The van der Waals surface area contributed by atoms with Crippen molar-refractivity contribution in [3.05, 3.63) is 0 Å². The maximum Gasteiger partial charge on any atom is 0.254 e. The van der Waals surface area contributed by atoms with Crippen LogP contribution in [0.25, 0.3) is 0 Å². The Balaban J connectivity index is 1.46. The Labute approximate surface area is 108 Å². The summed E-state index contributed by atoms with van der Waals surface area (Å²) in [6.45, 7) is 6.40. The molecule has 18 heavy (non-hydrogen) atoms. The molecule has 4 heteroatoms. The van der Waals surface area contributed by atoms with Crippen molar-refractivity contribution in [2.24, 2.45) is 10.8 Å². The van der Waals surface area contributed by atoms with Crippen LogP contribution in [0.2, 0.25) is 0 Å². The number of likely N-dealkylation sites (tertiary alicyclic amines) is 1. The van der Waals surface area contributed by atoms with E-state index in [0.717, 1.165) is 32.8 Å². The lowest BCUT2D eigenvalue weighted by Gasteiger charge is -2.34. The number of hydrogen-bond acceptors (Lipinski definition) is 2. The average molecular weight is 259 g/mol. The number of halogens is 2. The topological polar surface area (TPSA) is 12.5 Å². The first-order valence-corrected chi connectivity index (χ1v) is 7.19. The largest absolute Gasteiger partial charge is 0.381 e. The van der Waals surface area contributed by atoms with Crippen molar-refractivity contribution in [3.63, 3.8) is 0 Å². The second-order valence-electron chi connectivity index (χ2n) is 6.57. The lowest BCUT2D eigenvalue weighted by atomic mass is 9.92. The molecule has 0 aromatic rings. The van der Waals surface area contributed by atoms with Crippen LogP contribution in [-0.2, 0) is 4.74 Å². The quantitative estimate of drug-likeness (QED) is 0.752. The summed E-state index contributed by atoms with van der Waals surface area (Å²) in [6, 6.07) is 0. The third kappa shape index (κ3) is 2.18. The molecule has 0 unspecified atom stereocenters. The zero-order valence-electron chi connectivity index (χ0n) is 11.2. The molecule has 1 aliphatic heterocycles. The summed E-state index contributed by atoms with van der Waals surface area (Å²) in [5.41, 5.74) is -0.257. The highest BCUT2D eigenvalue weighted by atomic mass is 19.3. The first kappa shape index (κ1) is 12.8. The lowest BCUT2D eigenvalue weighted by molar-refractivity contribution is 0.0199. The van der Waals surface area contributed by atoms with Crippen LogP contribution in [0.4, 0.5) is 8.78 Å². The first-order chi connectivity index (χ1) is 8.51. The van der Waals surface area contributed by atoms with Crippen molar-refractivity contribution in [1.29, 1.82) is 0 Å². The minimum absolute atomic E-state index is 0.137. The molecule has 1 spiro atoms. The monoisotopic (exact) mass is 259 g/mol. The average Bonchev–Trinajstić information content (AvgIpc) is 3.19. The van der Waals surface area contributed by atoms with Crippen molar-refractivity contribution in [1.82, 2.24) is 4.90 Å². The minimum atomic E-state index is -2.36. The van der Waals surface area contributed by atoms with Gasteiger partial charge < -0.3 is 9.64 Å². The van der Waals surface area contributed by atoms with E-state index in [0.29, 0.717) is 18.3 Å². The minimum Gasteiger partial charge on any atom is -0.381 e. The molecule has 1 saturated heterocycles. The summed E-state index contributed by atoms with van der Waals surface area (Å²) in [7, 11) is 0. The molecule has 0 radical (unpaired) electrons. The maximum absolute atomic E-state index is 13.3. The fourth-order valence-corrected chi connectivity index (χ4v) is 3.38. The summed E-state index contributed by atoms with van der Waals surface area (Å²) in [5, 5.41) is 0. The number of hydrogen-bond donors (Lipinski definition) is 0. The highest BCUT2D eigenvalue weighted by Crippen LogP contribution is 2.66. The molecule has 2 aliphatic carbocycles. The van der Waals surface area contributed by atoms with Crippen LogP contribution in [0.15, 0.2) is 0 Å². The van der Waals surface area contributed by atoms with E-state index in [9.17, 15) is 8.78 Å². The first-order valence-electron chi connectivity index (χ1n) is 7.19. The van der Waals surface area contributed by atoms with Gasteiger partial charge in [-0.15, -0.1) is 0 Å². The van der Waals surface area contributed by atoms with Crippen LogP contribution in [0, 0.1) is 10.8 Å². The molecule has 3 aliphatic rings. The van der Waals surface area contributed by atoms with Crippen LogP contribution in [0.1, 0.15) is 39.0 Å². The second kappa shape index (κ2) is 4.14. The fraction of sp³-hybridized carbons (Fsp3) is 1.00. The van der Waals surface area contributed by atoms with Gasteiger partial charge in [0.15, 0.2) is 0 Å². The van der Waals surface area contributed by atoms with E-state index < -0.39 is 11.3 Å². The second-order valence-corrected chi connectivity index (χ2v) is 6.57. The van der Waals surface area contributed by atoms with Gasteiger partial charge in [0.1, 0.15) is 0 Å². The van der Waals surface area contributed by atoms with Crippen LogP contribution in [0.3, 0.4) is 0 Å². The molecular formula is C14H23F2NO. The van der Waals surface area contributed by atoms with Gasteiger partial charge in [-0.1, -0.05) is 0 Å². The van der Waals surface area contributed by atoms with Crippen LogP contribution < -0.4 is 0 Å². The molecule has 0 bridgehead atoms. The normalized spacial score (nSPS) is 31.5. The number of piperidine rings is 1. The predicted octanol–water partition coefficient (Wildman–Crippen LogP) is 2.92. The zero-order valence-corrected chi connectivity index (χ0v) is 11.2. The van der Waals surface area contributed by atoms with E-state index in [-0.39, 0.29) is 6.42 Å². The third-order valence-electron chi connectivity index (χ3n) is 5.15. The van der Waals surface area contributed by atoms with Gasteiger partial charge in [0, 0.05) is 30.4 Å². The number of rotatable bonds is 5. The molecule has 1 heterocycles. The smallest absolute Gasteiger partial charge is 0.254 e. The van der Waals surface area contributed by atoms with E-state index in [4.69, 9.17) is 4.74 Å². The molecule has 0 amide bonds. The fourth-order valence-electron chi connectivity index (χ4n) is 3.38. The van der Waals surface area contributed by atoms with Gasteiger partial charge in [-0.25, -0.2) is 8.78 Å². The van der Waals surface area contributed by atoms with Gasteiger partial charge in [-0.05, 0) is 45.7 Å². The molecule has 0 aromatic heterocycles. The van der Waals surface area contributed by atoms with Gasteiger partial charge >= 0.3 is 0 Å². The summed E-state index contributed by atoms with van der Waals surface area (Å²) >= 11 is 0. The van der Waals surface area contributed by atoms with Crippen molar-refractivity contribution >= 4 is 0 Å². The van der Waals surface area contributed by atoms with E-state index in [1.807, 2.05) is 6.92 Å². The Bertz CT molecular complexity index is 320. The van der Waals surface area contributed by atoms with Crippen LogP contribution in [-0.4, -0.2) is 43.7 Å². The van der Waals surface area contributed by atoms with Gasteiger partial charge in [0.05, 0.1) is 6.61 Å². The van der Waals surface area contributed by atoms with E-state index in [2.05, 4.69) is 4.90 Å². The van der Waals surface area contributed by atoms with Gasteiger partial charge in [-0.2, -0.15) is 0 Å². The molecule has 104 valence electrons. The van der Waals surface area contributed by atoms with Gasteiger partial charge in [-0.3, -0.25) is 0 Å². The predicted molar refractivity (Wildman–Crippen MR) is 65.8 cm³/mol. The van der Waals surface area contributed by atoms with Gasteiger partial charge in [0.25, 0.3) is 5.92 Å². The SMILES string of the molecule is CCOCC1(CN2CCC3(CC2)CC3(F)F)CC1. The summed E-state index contributed by atoms with van der Waals surface area (Å²) < 4.78 is 32.1. The molecule has 2 saturated carbocycles.